The molecule has 0 unspecified atom stereocenters. The Kier molecular flexibility index (Phi) is 3.81. The van der Waals surface area contributed by atoms with Crippen LogP contribution in [0.5, 0.6) is 0 Å². The van der Waals surface area contributed by atoms with Crippen molar-refractivity contribution >= 4 is 21.8 Å². The van der Waals surface area contributed by atoms with Gasteiger partial charge in [-0.2, -0.15) is 0 Å². The van der Waals surface area contributed by atoms with Crippen LogP contribution in [-0.2, 0) is 26.2 Å². The van der Waals surface area contributed by atoms with Crippen LogP contribution in [0.15, 0.2) is 58.7 Å². The number of hydrogen-bond donors (Lipinski definition) is 0. The summed E-state index contributed by atoms with van der Waals surface area (Å²) in [5.41, 5.74) is 1.27. The van der Waals surface area contributed by atoms with Gasteiger partial charge in [0, 0.05) is 12.7 Å². The van der Waals surface area contributed by atoms with E-state index in [-0.39, 0.29) is 18.9 Å². The zero-order valence-corrected chi connectivity index (χ0v) is 12.5. The van der Waals surface area contributed by atoms with Crippen molar-refractivity contribution in [2.75, 3.05) is 12.3 Å². The molecule has 0 spiro atoms. The van der Waals surface area contributed by atoms with E-state index in [0.717, 1.165) is 5.56 Å². The minimum absolute atomic E-state index is 0.0623. The molecular weight excluding hydrogens is 304 g/mol. The highest BCUT2D eigenvalue weighted by Crippen LogP contribution is 2.17. The molecule has 0 saturated heterocycles. The van der Waals surface area contributed by atoms with Crippen molar-refractivity contribution in [3.8, 4) is 0 Å². The Morgan fingerprint density at radius 1 is 1.23 bits per heavy atom. The fraction of sp³-hybridized carbons (Fsp3) is 0.200. The topological polar surface area (TPSA) is 76.0 Å². The standard InChI is InChI=1S/C15H14N2O4S/c18-15(21-11-12-4-2-1-3-5-12)13-6-7-14-16-22(19,20)9-8-17(14)10-13/h1-7,10H,8-9,11H2. The van der Waals surface area contributed by atoms with Gasteiger partial charge in [0.25, 0.3) is 10.0 Å². The Morgan fingerprint density at radius 3 is 2.77 bits per heavy atom. The summed E-state index contributed by atoms with van der Waals surface area (Å²) in [5, 5.41) is 0. The lowest BCUT2D eigenvalue weighted by Gasteiger charge is -2.26. The largest absolute Gasteiger partial charge is 0.457 e. The van der Waals surface area contributed by atoms with Gasteiger partial charge in [0.2, 0.25) is 0 Å². The third kappa shape index (κ3) is 3.25. The van der Waals surface area contributed by atoms with Crippen LogP contribution in [-0.4, -0.2) is 37.4 Å². The third-order valence-corrected chi connectivity index (χ3v) is 4.44. The molecule has 114 valence electrons. The molecule has 0 radical (unpaired) electrons. The second-order valence-electron chi connectivity index (χ2n) is 4.91. The average Bonchev–Trinajstić information content (AvgIpc) is 2.52. The molecule has 3 rings (SSSR count). The predicted molar refractivity (Wildman–Crippen MR) is 81.4 cm³/mol. The molecule has 0 saturated carbocycles. The minimum Gasteiger partial charge on any atom is -0.457 e. The van der Waals surface area contributed by atoms with Crippen LogP contribution < -0.4 is 0 Å². The molecule has 0 aromatic heterocycles. The number of esters is 1. The second-order valence-corrected chi connectivity index (χ2v) is 6.66. The Morgan fingerprint density at radius 2 is 2.00 bits per heavy atom. The zero-order chi connectivity index (χ0) is 15.6. The molecular formula is C15H14N2O4S. The van der Waals surface area contributed by atoms with Gasteiger partial charge in [-0.1, -0.05) is 30.3 Å². The van der Waals surface area contributed by atoms with E-state index < -0.39 is 16.0 Å². The smallest absolute Gasteiger partial charge is 0.339 e. The van der Waals surface area contributed by atoms with Crippen LogP contribution in [0.3, 0.4) is 0 Å². The molecule has 6 nitrogen and oxygen atoms in total. The summed E-state index contributed by atoms with van der Waals surface area (Å²) >= 11 is 0. The van der Waals surface area contributed by atoms with Crippen molar-refractivity contribution in [2.24, 2.45) is 4.40 Å². The number of sulfonamides is 1. The number of benzene rings is 1. The molecule has 0 fully saturated rings. The second kappa shape index (κ2) is 5.76. The van der Waals surface area contributed by atoms with E-state index >= 15 is 0 Å². The van der Waals surface area contributed by atoms with E-state index in [1.54, 1.807) is 11.1 Å². The number of rotatable bonds is 3. The predicted octanol–water partition coefficient (Wildman–Crippen LogP) is 1.23. The fourth-order valence-corrected chi connectivity index (χ4v) is 3.10. The Balaban J connectivity index is 1.68. The van der Waals surface area contributed by atoms with E-state index in [1.165, 1.54) is 12.2 Å². The molecule has 0 N–H and O–H groups in total. The lowest BCUT2D eigenvalue weighted by molar-refractivity contribution is -0.139. The van der Waals surface area contributed by atoms with E-state index in [2.05, 4.69) is 4.40 Å². The van der Waals surface area contributed by atoms with Gasteiger partial charge in [-0.05, 0) is 17.7 Å². The SMILES string of the molecule is O=C(OCc1ccccc1)C1=CN2CCS(=O)(=O)N=C2C=C1. The van der Waals surface area contributed by atoms with Crippen LogP contribution >= 0.6 is 0 Å². The number of ether oxygens (including phenoxy) is 1. The lowest BCUT2D eigenvalue weighted by atomic mass is 10.2. The minimum atomic E-state index is -3.39. The van der Waals surface area contributed by atoms with Gasteiger partial charge >= 0.3 is 5.97 Å². The number of carbonyl (C=O) groups is 1. The van der Waals surface area contributed by atoms with E-state index in [0.29, 0.717) is 11.4 Å². The summed E-state index contributed by atoms with van der Waals surface area (Å²) in [7, 11) is -3.39. The van der Waals surface area contributed by atoms with E-state index in [4.69, 9.17) is 4.74 Å². The van der Waals surface area contributed by atoms with Crippen molar-refractivity contribution in [1.29, 1.82) is 0 Å². The third-order valence-electron chi connectivity index (χ3n) is 3.27. The van der Waals surface area contributed by atoms with Crippen molar-refractivity contribution in [3.05, 3.63) is 59.8 Å². The maximum atomic E-state index is 12.0. The van der Waals surface area contributed by atoms with Crippen molar-refractivity contribution in [3.63, 3.8) is 0 Å². The molecule has 2 heterocycles. The van der Waals surface area contributed by atoms with Gasteiger partial charge in [0.15, 0.2) is 0 Å². The van der Waals surface area contributed by atoms with Crippen LogP contribution in [0.25, 0.3) is 0 Å². The molecule has 0 amide bonds. The molecule has 2 aliphatic rings. The fourth-order valence-electron chi connectivity index (χ4n) is 2.13. The number of carbonyl (C=O) groups excluding carboxylic acids is 1. The molecule has 1 aromatic rings. The number of hydrogen-bond acceptors (Lipinski definition) is 5. The normalized spacial score (nSPS) is 19.0. The quantitative estimate of drug-likeness (QED) is 0.784. The van der Waals surface area contributed by atoms with Gasteiger partial charge < -0.3 is 9.64 Å². The number of amidine groups is 1. The molecule has 0 atom stereocenters. The van der Waals surface area contributed by atoms with Crippen molar-refractivity contribution in [1.82, 2.24) is 4.90 Å². The molecule has 22 heavy (non-hydrogen) atoms. The highest BCUT2D eigenvalue weighted by molar-refractivity contribution is 7.90. The first kappa shape index (κ1) is 14.5. The average molecular weight is 318 g/mol. The number of nitrogens with zero attached hydrogens (tertiary/aromatic N) is 2. The summed E-state index contributed by atoms with van der Waals surface area (Å²) in [5.74, 6) is -0.189. The number of fused-ring (bicyclic) bond motifs is 1. The molecule has 0 aliphatic carbocycles. The lowest BCUT2D eigenvalue weighted by Crippen LogP contribution is -2.37. The van der Waals surface area contributed by atoms with Gasteiger partial charge in [0.1, 0.15) is 12.4 Å². The first-order chi connectivity index (χ1) is 10.5. The Hall–Kier alpha value is -2.41. The first-order valence-electron chi connectivity index (χ1n) is 6.74. The van der Waals surface area contributed by atoms with E-state index in [1.807, 2.05) is 30.3 Å². The van der Waals surface area contributed by atoms with E-state index in [9.17, 15) is 13.2 Å². The summed E-state index contributed by atoms with van der Waals surface area (Å²) < 4.78 is 31.7. The van der Waals surface area contributed by atoms with Crippen LogP contribution in [0.4, 0.5) is 0 Å². The van der Waals surface area contributed by atoms with Crippen molar-refractivity contribution < 1.29 is 17.9 Å². The Bertz CT molecular complexity index is 779. The summed E-state index contributed by atoms with van der Waals surface area (Å²) in [4.78, 5) is 13.7. The van der Waals surface area contributed by atoms with Gasteiger partial charge in [0.05, 0.1) is 11.3 Å². The maximum absolute atomic E-state index is 12.0. The summed E-state index contributed by atoms with van der Waals surface area (Å²) in [6.45, 7) is 0.473. The highest BCUT2D eigenvalue weighted by Gasteiger charge is 2.25. The van der Waals surface area contributed by atoms with Gasteiger partial charge in [-0.15, -0.1) is 4.40 Å². The van der Waals surface area contributed by atoms with Crippen LogP contribution in [0.2, 0.25) is 0 Å². The first-order valence-corrected chi connectivity index (χ1v) is 8.35. The highest BCUT2D eigenvalue weighted by atomic mass is 32.2. The monoisotopic (exact) mass is 318 g/mol. The molecule has 1 aromatic carbocycles. The molecule has 2 aliphatic heterocycles. The zero-order valence-electron chi connectivity index (χ0n) is 11.7. The van der Waals surface area contributed by atoms with Gasteiger partial charge in [-0.3, -0.25) is 0 Å². The van der Waals surface area contributed by atoms with Gasteiger partial charge in [-0.25, -0.2) is 13.2 Å². The van der Waals surface area contributed by atoms with Crippen molar-refractivity contribution in [2.45, 2.75) is 6.61 Å². The van der Waals surface area contributed by atoms with Crippen LogP contribution in [0, 0.1) is 0 Å². The molecule has 7 heteroatoms. The van der Waals surface area contributed by atoms with Crippen LogP contribution in [0.1, 0.15) is 5.56 Å². The Labute approximate surface area is 128 Å². The molecule has 0 bridgehead atoms. The maximum Gasteiger partial charge on any atom is 0.339 e. The summed E-state index contributed by atoms with van der Waals surface area (Å²) in [6.07, 6.45) is 4.60. The summed E-state index contributed by atoms with van der Waals surface area (Å²) in [6, 6.07) is 9.39.